The number of rotatable bonds is 2. The predicted molar refractivity (Wildman–Crippen MR) is 65.1 cm³/mol. The van der Waals surface area contributed by atoms with Gasteiger partial charge >= 0.3 is 5.97 Å². The monoisotopic (exact) mass is 232 g/mol. The summed E-state index contributed by atoms with van der Waals surface area (Å²) in [7, 11) is 1.36. The van der Waals surface area contributed by atoms with Gasteiger partial charge in [0.25, 0.3) is 0 Å². The lowest BCUT2D eigenvalue weighted by Gasteiger charge is -2.28. The van der Waals surface area contributed by atoms with Crippen LogP contribution in [0.1, 0.15) is 31.1 Å². The summed E-state index contributed by atoms with van der Waals surface area (Å²) in [6.07, 6.45) is 1.64. The summed E-state index contributed by atoms with van der Waals surface area (Å²) in [6, 6.07) is 7.95. The van der Waals surface area contributed by atoms with E-state index in [0.29, 0.717) is 5.92 Å². The highest BCUT2D eigenvalue weighted by atomic mass is 16.6. The van der Waals surface area contributed by atoms with Gasteiger partial charge in [-0.2, -0.15) is 0 Å². The first-order chi connectivity index (χ1) is 8.13. The van der Waals surface area contributed by atoms with Crippen LogP contribution < -0.4 is 0 Å². The molecule has 90 valence electrons. The molecule has 1 heterocycles. The fourth-order valence-corrected chi connectivity index (χ4v) is 1.98. The Morgan fingerprint density at radius 1 is 1.35 bits per heavy atom. The van der Waals surface area contributed by atoms with Gasteiger partial charge < -0.3 is 9.47 Å². The summed E-state index contributed by atoms with van der Waals surface area (Å²) in [5, 5.41) is 0. The van der Waals surface area contributed by atoms with Gasteiger partial charge in [0, 0.05) is 0 Å². The molecular weight excluding hydrogens is 216 g/mol. The smallest absolute Gasteiger partial charge is 0.373 e. The summed E-state index contributed by atoms with van der Waals surface area (Å²) >= 11 is 0. The van der Waals surface area contributed by atoms with Crippen molar-refractivity contribution in [3.8, 4) is 0 Å². The first kappa shape index (κ1) is 11.7. The number of hydrogen-bond acceptors (Lipinski definition) is 3. The third kappa shape index (κ3) is 2.18. The van der Waals surface area contributed by atoms with Crippen LogP contribution in [0.25, 0.3) is 6.08 Å². The van der Waals surface area contributed by atoms with E-state index >= 15 is 0 Å². The number of fused-ring (bicyclic) bond motifs is 1. The highest BCUT2D eigenvalue weighted by molar-refractivity contribution is 5.92. The normalized spacial score (nSPS) is 18.1. The average molecular weight is 232 g/mol. The van der Waals surface area contributed by atoms with Crippen molar-refractivity contribution >= 4 is 12.0 Å². The number of ether oxygens (including phenoxy) is 2. The van der Waals surface area contributed by atoms with Crippen LogP contribution in [-0.4, -0.2) is 13.1 Å². The minimum absolute atomic E-state index is 0.0923. The van der Waals surface area contributed by atoms with E-state index < -0.39 is 5.97 Å². The number of carbonyl (C=O) groups excluding carboxylic acids is 1. The number of carbonyl (C=O) groups is 1. The van der Waals surface area contributed by atoms with E-state index in [1.807, 2.05) is 24.3 Å². The van der Waals surface area contributed by atoms with Crippen molar-refractivity contribution in [1.29, 1.82) is 0 Å². The Kier molecular flexibility index (Phi) is 3.18. The van der Waals surface area contributed by atoms with Crippen LogP contribution in [-0.2, 0) is 14.3 Å². The molecule has 1 aromatic rings. The Morgan fingerprint density at radius 2 is 2.06 bits per heavy atom. The molecule has 0 bridgehead atoms. The van der Waals surface area contributed by atoms with Crippen molar-refractivity contribution < 1.29 is 14.3 Å². The zero-order valence-electron chi connectivity index (χ0n) is 10.3. The van der Waals surface area contributed by atoms with E-state index in [2.05, 4.69) is 13.8 Å². The van der Waals surface area contributed by atoms with E-state index in [1.54, 1.807) is 6.08 Å². The maximum absolute atomic E-state index is 11.5. The lowest BCUT2D eigenvalue weighted by atomic mass is 9.92. The van der Waals surface area contributed by atoms with Crippen LogP contribution in [0, 0.1) is 5.92 Å². The van der Waals surface area contributed by atoms with Crippen molar-refractivity contribution in [1.82, 2.24) is 0 Å². The van der Waals surface area contributed by atoms with Gasteiger partial charge in [0.1, 0.15) is 6.10 Å². The van der Waals surface area contributed by atoms with Crippen LogP contribution in [0.3, 0.4) is 0 Å². The van der Waals surface area contributed by atoms with E-state index in [0.717, 1.165) is 11.1 Å². The van der Waals surface area contributed by atoms with Gasteiger partial charge in [0.15, 0.2) is 0 Å². The highest BCUT2D eigenvalue weighted by Crippen LogP contribution is 2.36. The Balaban J connectivity index is 2.45. The Hall–Kier alpha value is -1.77. The molecule has 1 atom stereocenters. The fourth-order valence-electron chi connectivity index (χ4n) is 1.98. The first-order valence-electron chi connectivity index (χ1n) is 5.69. The quantitative estimate of drug-likeness (QED) is 0.735. The molecule has 0 spiro atoms. The zero-order valence-corrected chi connectivity index (χ0v) is 10.3. The number of esters is 1. The standard InChI is InChI=1S/C14H16O3/c1-9(2)13-11-7-5-4-6-10(11)8-12(17-13)14(15)16-3/h4-9,13H,1-3H3. The summed E-state index contributed by atoms with van der Waals surface area (Å²) in [6.45, 7) is 4.14. The summed E-state index contributed by atoms with van der Waals surface area (Å²) in [4.78, 5) is 11.5. The number of methoxy groups -OCH3 is 1. The van der Waals surface area contributed by atoms with E-state index in [1.165, 1.54) is 7.11 Å². The molecule has 0 amide bonds. The molecule has 3 heteroatoms. The van der Waals surface area contributed by atoms with Gasteiger partial charge in [-0.15, -0.1) is 0 Å². The van der Waals surface area contributed by atoms with Crippen molar-refractivity contribution in [3.63, 3.8) is 0 Å². The lowest BCUT2D eigenvalue weighted by Crippen LogP contribution is -2.20. The van der Waals surface area contributed by atoms with E-state index in [9.17, 15) is 4.79 Å². The minimum Gasteiger partial charge on any atom is -0.478 e. The molecule has 0 fully saturated rings. The summed E-state index contributed by atoms with van der Waals surface area (Å²) < 4.78 is 10.4. The molecule has 1 aliphatic rings. The molecule has 0 saturated heterocycles. The molecule has 0 saturated carbocycles. The van der Waals surface area contributed by atoms with Crippen LogP contribution in [0.2, 0.25) is 0 Å². The van der Waals surface area contributed by atoms with Gasteiger partial charge in [-0.05, 0) is 23.1 Å². The number of benzene rings is 1. The SMILES string of the molecule is COC(=O)C1=Cc2ccccc2C(C(C)C)O1. The molecule has 1 unspecified atom stereocenters. The van der Waals surface area contributed by atoms with Crippen LogP contribution in [0.4, 0.5) is 0 Å². The Morgan fingerprint density at radius 3 is 2.71 bits per heavy atom. The van der Waals surface area contributed by atoms with Crippen molar-refractivity contribution in [3.05, 3.63) is 41.2 Å². The third-order valence-corrected chi connectivity index (χ3v) is 2.84. The van der Waals surface area contributed by atoms with Gasteiger partial charge in [0.05, 0.1) is 7.11 Å². The second-order valence-corrected chi connectivity index (χ2v) is 4.41. The molecule has 1 aliphatic heterocycles. The molecule has 17 heavy (non-hydrogen) atoms. The van der Waals surface area contributed by atoms with Gasteiger partial charge in [-0.3, -0.25) is 0 Å². The Labute approximate surface area is 101 Å². The largest absolute Gasteiger partial charge is 0.478 e. The second kappa shape index (κ2) is 4.62. The third-order valence-electron chi connectivity index (χ3n) is 2.84. The molecule has 1 aromatic carbocycles. The van der Waals surface area contributed by atoms with Gasteiger partial charge in [0.2, 0.25) is 5.76 Å². The molecule has 0 N–H and O–H groups in total. The van der Waals surface area contributed by atoms with Gasteiger partial charge in [-0.25, -0.2) is 4.79 Å². The molecule has 3 nitrogen and oxygen atoms in total. The zero-order chi connectivity index (χ0) is 12.4. The van der Waals surface area contributed by atoms with Crippen LogP contribution in [0.15, 0.2) is 30.0 Å². The molecule has 0 aliphatic carbocycles. The van der Waals surface area contributed by atoms with Crippen molar-refractivity contribution in [2.24, 2.45) is 5.92 Å². The molecule has 0 radical (unpaired) electrons. The topological polar surface area (TPSA) is 35.5 Å². The molecule has 2 rings (SSSR count). The van der Waals surface area contributed by atoms with Crippen molar-refractivity contribution in [2.45, 2.75) is 20.0 Å². The average Bonchev–Trinajstić information content (AvgIpc) is 2.36. The number of hydrogen-bond donors (Lipinski definition) is 0. The van der Waals surface area contributed by atoms with Crippen LogP contribution >= 0.6 is 0 Å². The highest BCUT2D eigenvalue weighted by Gasteiger charge is 2.28. The lowest BCUT2D eigenvalue weighted by molar-refractivity contribution is -0.141. The predicted octanol–water partition coefficient (Wildman–Crippen LogP) is 2.93. The van der Waals surface area contributed by atoms with E-state index in [4.69, 9.17) is 9.47 Å². The molecular formula is C14H16O3. The second-order valence-electron chi connectivity index (χ2n) is 4.41. The summed E-state index contributed by atoms with van der Waals surface area (Å²) in [5.74, 6) is 0.152. The van der Waals surface area contributed by atoms with Crippen molar-refractivity contribution in [2.75, 3.05) is 7.11 Å². The first-order valence-corrected chi connectivity index (χ1v) is 5.69. The molecule has 0 aromatic heterocycles. The van der Waals surface area contributed by atoms with Crippen LogP contribution in [0.5, 0.6) is 0 Å². The maximum atomic E-state index is 11.5. The fraction of sp³-hybridized carbons (Fsp3) is 0.357. The van der Waals surface area contributed by atoms with Gasteiger partial charge in [-0.1, -0.05) is 38.1 Å². The minimum atomic E-state index is -0.426. The Bertz CT molecular complexity index is 460. The maximum Gasteiger partial charge on any atom is 0.373 e. The summed E-state index contributed by atoms with van der Waals surface area (Å²) in [5.41, 5.74) is 2.15. The van der Waals surface area contributed by atoms with E-state index in [-0.39, 0.29) is 11.9 Å².